The second kappa shape index (κ2) is 6.95. The van der Waals surface area contributed by atoms with Gasteiger partial charge < -0.3 is 14.8 Å². The van der Waals surface area contributed by atoms with E-state index in [-0.39, 0.29) is 12.4 Å². The Morgan fingerprint density at radius 2 is 2.17 bits per heavy atom. The number of nitrogens with one attached hydrogen (secondary N) is 1. The van der Waals surface area contributed by atoms with Crippen LogP contribution in [0.3, 0.4) is 0 Å². The van der Waals surface area contributed by atoms with Gasteiger partial charge >= 0.3 is 11.9 Å². The lowest BCUT2D eigenvalue weighted by Gasteiger charge is -2.06. The van der Waals surface area contributed by atoms with Gasteiger partial charge in [-0.05, 0) is 25.4 Å². The number of carbonyl (C=O) groups is 2. The maximum atomic E-state index is 11.7. The molecular weight excluding hydrogens is 256 g/mol. The fourth-order valence-electron chi connectivity index (χ4n) is 1.31. The second-order valence-corrected chi connectivity index (χ2v) is 4.22. The SMILES string of the molecule is CCOC(=O)c1c(C)nsc1NCCC(=O)OC. The highest BCUT2D eigenvalue weighted by Gasteiger charge is 2.19. The van der Waals surface area contributed by atoms with Crippen LogP contribution in [0.2, 0.25) is 0 Å². The van der Waals surface area contributed by atoms with Gasteiger partial charge in [0.05, 0.1) is 25.8 Å². The molecule has 7 heteroatoms. The average molecular weight is 272 g/mol. The Labute approximate surface area is 109 Å². The zero-order valence-electron chi connectivity index (χ0n) is 10.6. The van der Waals surface area contributed by atoms with Gasteiger partial charge in [0.15, 0.2) is 0 Å². The van der Waals surface area contributed by atoms with Crippen molar-refractivity contribution < 1.29 is 19.1 Å². The lowest BCUT2D eigenvalue weighted by Crippen LogP contribution is -2.12. The largest absolute Gasteiger partial charge is 0.469 e. The molecule has 0 unspecified atom stereocenters. The maximum Gasteiger partial charge on any atom is 0.343 e. The number of esters is 2. The Bertz CT molecular complexity index is 431. The number of aryl methyl sites for hydroxylation is 1. The van der Waals surface area contributed by atoms with Crippen LogP contribution in [0.1, 0.15) is 29.4 Å². The van der Waals surface area contributed by atoms with Crippen LogP contribution in [-0.4, -0.2) is 36.6 Å². The van der Waals surface area contributed by atoms with Crippen molar-refractivity contribution in [2.24, 2.45) is 0 Å². The third-order valence-electron chi connectivity index (χ3n) is 2.18. The lowest BCUT2D eigenvalue weighted by atomic mass is 10.2. The molecule has 1 aromatic rings. The minimum atomic E-state index is -0.399. The Balaban J connectivity index is 2.66. The molecule has 1 N–H and O–H groups in total. The van der Waals surface area contributed by atoms with Crippen molar-refractivity contribution in [3.8, 4) is 0 Å². The number of methoxy groups -OCH3 is 1. The van der Waals surface area contributed by atoms with Crippen LogP contribution in [0.4, 0.5) is 5.00 Å². The molecule has 0 radical (unpaired) electrons. The fourth-order valence-corrected chi connectivity index (χ4v) is 2.12. The molecule has 0 aliphatic heterocycles. The summed E-state index contributed by atoms with van der Waals surface area (Å²) in [6.45, 7) is 4.20. The molecule has 0 aromatic carbocycles. The van der Waals surface area contributed by atoms with E-state index in [9.17, 15) is 9.59 Å². The van der Waals surface area contributed by atoms with Crippen molar-refractivity contribution in [2.75, 3.05) is 25.6 Å². The van der Waals surface area contributed by atoms with Crippen molar-refractivity contribution in [1.29, 1.82) is 0 Å². The summed E-state index contributed by atoms with van der Waals surface area (Å²) >= 11 is 1.18. The number of anilines is 1. The number of hydrogen-bond acceptors (Lipinski definition) is 7. The Kier molecular flexibility index (Phi) is 5.57. The van der Waals surface area contributed by atoms with Gasteiger partial charge in [0, 0.05) is 6.54 Å². The topological polar surface area (TPSA) is 77.5 Å². The van der Waals surface area contributed by atoms with Crippen LogP contribution in [-0.2, 0) is 14.3 Å². The monoisotopic (exact) mass is 272 g/mol. The Hall–Kier alpha value is -1.63. The molecule has 1 rings (SSSR count). The van der Waals surface area contributed by atoms with Gasteiger partial charge in [-0.3, -0.25) is 4.79 Å². The number of rotatable bonds is 6. The van der Waals surface area contributed by atoms with E-state index >= 15 is 0 Å². The van der Waals surface area contributed by atoms with Gasteiger partial charge in [-0.15, -0.1) is 0 Å². The smallest absolute Gasteiger partial charge is 0.343 e. The van der Waals surface area contributed by atoms with E-state index in [4.69, 9.17) is 4.74 Å². The van der Waals surface area contributed by atoms with Gasteiger partial charge in [0.2, 0.25) is 0 Å². The number of ether oxygens (including phenoxy) is 2. The molecular formula is C11H16N2O4S. The molecule has 1 aromatic heterocycles. The molecule has 0 aliphatic rings. The summed E-state index contributed by atoms with van der Waals surface area (Å²) in [5.74, 6) is -0.703. The van der Waals surface area contributed by atoms with Crippen molar-refractivity contribution in [2.45, 2.75) is 20.3 Å². The van der Waals surface area contributed by atoms with Crippen LogP contribution in [0.5, 0.6) is 0 Å². The van der Waals surface area contributed by atoms with Crippen LogP contribution in [0.25, 0.3) is 0 Å². The minimum Gasteiger partial charge on any atom is -0.469 e. The van der Waals surface area contributed by atoms with Gasteiger partial charge in [-0.2, -0.15) is 4.37 Å². The predicted octanol–water partition coefficient (Wildman–Crippen LogP) is 1.60. The van der Waals surface area contributed by atoms with Gasteiger partial charge in [-0.1, -0.05) is 0 Å². The third kappa shape index (κ3) is 3.69. The molecule has 6 nitrogen and oxygen atoms in total. The molecule has 0 aliphatic carbocycles. The summed E-state index contributed by atoms with van der Waals surface area (Å²) < 4.78 is 13.6. The quantitative estimate of drug-likeness (QED) is 0.793. The van der Waals surface area contributed by atoms with Gasteiger partial charge in [0.1, 0.15) is 10.6 Å². The normalized spacial score (nSPS) is 9.94. The maximum absolute atomic E-state index is 11.7. The van der Waals surface area contributed by atoms with E-state index in [0.717, 1.165) is 0 Å². The molecule has 18 heavy (non-hydrogen) atoms. The number of hydrogen-bond donors (Lipinski definition) is 1. The highest BCUT2D eigenvalue weighted by Crippen LogP contribution is 2.25. The summed E-state index contributed by atoms with van der Waals surface area (Å²) in [4.78, 5) is 22.7. The highest BCUT2D eigenvalue weighted by molar-refractivity contribution is 7.10. The second-order valence-electron chi connectivity index (χ2n) is 3.45. The zero-order chi connectivity index (χ0) is 13.5. The molecule has 100 valence electrons. The van der Waals surface area contributed by atoms with Crippen molar-refractivity contribution in [1.82, 2.24) is 4.37 Å². The van der Waals surface area contributed by atoms with Crippen LogP contribution in [0, 0.1) is 6.92 Å². The summed E-state index contributed by atoms with van der Waals surface area (Å²) in [5.41, 5.74) is 1.06. The fraction of sp³-hybridized carbons (Fsp3) is 0.545. The minimum absolute atomic E-state index is 0.232. The summed E-state index contributed by atoms with van der Waals surface area (Å²) in [6.07, 6.45) is 0.232. The van der Waals surface area contributed by atoms with Crippen LogP contribution < -0.4 is 5.32 Å². The first-order chi connectivity index (χ1) is 8.60. The molecule has 0 saturated heterocycles. The first-order valence-corrected chi connectivity index (χ1v) is 6.31. The first-order valence-electron chi connectivity index (χ1n) is 5.54. The van der Waals surface area contributed by atoms with Gasteiger partial charge in [-0.25, -0.2) is 4.79 Å². The van der Waals surface area contributed by atoms with Crippen LogP contribution in [0.15, 0.2) is 0 Å². The summed E-state index contributed by atoms with van der Waals surface area (Å²) in [5, 5.41) is 3.61. The molecule has 0 fully saturated rings. The Morgan fingerprint density at radius 1 is 1.44 bits per heavy atom. The lowest BCUT2D eigenvalue weighted by molar-refractivity contribution is -0.140. The van der Waals surface area contributed by atoms with Crippen molar-refractivity contribution in [3.05, 3.63) is 11.3 Å². The molecule has 0 saturated carbocycles. The molecule has 1 heterocycles. The Morgan fingerprint density at radius 3 is 2.78 bits per heavy atom. The zero-order valence-corrected chi connectivity index (χ0v) is 11.4. The van der Waals surface area contributed by atoms with E-state index in [2.05, 4.69) is 14.4 Å². The van der Waals surface area contributed by atoms with E-state index < -0.39 is 5.97 Å². The highest BCUT2D eigenvalue weighted by atomic mass is 32.1. The number of carbonyl (C=O) groups excluding carboxylic acids is 2. The number of aromatic nitrogens is 1. The number of nitrogens with zero attached hydrogens (tertiary/aromatic N) is 1. The standard InChI is InChI=1S/C11H16N2O4S/c1-4-17-11(15)9-7(2)13-18-10(9)12-6-5-8(14)16-3/h12H,4-6H2,1-3H3. The molecule has 0 spiro atoms. The van der Waals surface area contributed by atoms with Gasteiger partial charge in [0.25, 0.3) is 0 Å². The first kappa shape index (κ1) is 14.4. The van der Waals surface area contributed by atoms with E-state index in [0.29, 0.717) is 29.4 Å². The van der Waals surface area contributed by atoms with Crippen molar-refractivity contribution >= 4 is 28.5 Å². The van der Waals surface area contributed by atoms with E-state index in [1.165, 1.54) is 18.6 Å². The van der Waals surface area contributed by atoms with Crippen LogP contribution >= 0.6 is 11.5 Å². The third-order valence-corrected chi connectivity index (χ3v) is 3.08. The molecule has 0 atom stereocenters. The van der Waals surface area contributed by atoms with E-state index in [1.807, 2.05) is 0 Å². The predicted molar refractivity (Wildman–Crippen MR) is 67.9 cm³/mol. The summed E-state index contributed by atoms with van der Waals surface area (Å²) in [6, 6.07) is 0. The van der Waals surface area contributed by atoms with E-state index in [1.54, 1.807) is 13.8 Å². The van der Waals surface area contributed by atoms with Crippen molar-refractivity contribution in [3.63, 3.8) is 0 Å². The average Bonchev–Trinajstić information content (AvgIpc) is 2.70. The molecule has 0 bridgehead atoms. The summed E-state index contributed by atoms with van der Waals surface area (Å²) in [7, 11) is 1.34. The molecule has 0 amide bonds.